The van der Waals surface area contributed by atoms with Gasteiger partial charge in [0.1, 0.15) is 0 Å². The monoisotopic (exact) mass is 629 g/mol. The van der Waals surface area contributed by atoms with Gasteiger partial charge in [-0.05, 0) is 28.3 Å². The van der Waals surface area contributed by atoms with Crippen LogP contribution < -0.4 is 5.43 Å². The van der Waals surface area contributed by atoms with Crippen LogP contribution in [0.5, 0.6) is 0 Å². The van der Waals surface area contributed by atoms with E-state index in [-0.39, 0.29) is 6.04 Å². The Bertz CT molecular complexity index is 2280. The SMILES string of the molecule is C1=C(c2ccccc2)N2NC(c3ccccc3)C(c3ccccc3)=C2c2cccc(-c3nc(-c4ccccc4)nc(-c4ccccc4)n3)c21. The van der Waals surface area contributed by atoms with Crippen LogP contribution in [0.25, 0.3) is 57.2 Å². The maximum atomic E-state index is 5.13. The van der Waals surface area contributed by atoms with Gasteiger partial charge in [-0.3, -0.25) is 5.01 Å². The van der Waals surface area contributed by atoms with Gasteiger partial charge in [0.25, 0.3) is 0 Å². The smallest absolute Gasteiger partial charge is 0.164 e. The van der Waals surface area contributed by atoms with Gasteiger partial charge in [0.15, 0.2) is 17.5 Å². The maximum Gasteiger partial charge on any atom is 0.164 e. The van der Waals surface area contributed by atoms with Gasteiger partial charge in [-0.25, -0.2) is 20.4 Å². The van der Waals surface area contributed by atoms with Crippen LogP contribution in [0.1, 0.15) is 33.9 Å². The van der Waals surface area contributed by atoms with Crippen molar-refractivity contribution in [2.45, 2.75) is 6.04 Å². The van der Waals surface area contributed by atoms with Crippen LogP contribution in [0.3, 0.4) is 0 Å². The number of rotatable bonds is 6. The van der Waals surface area contributed by atoms with Crippen molar-refractivity contribution in [3.63, 3.8) is 0 Å². The summed E-state index contributed by atoms with van der Waals surface area (Å²) in [6.45, 7) is 0. The van der Waals surface area contributed by atoms with Gasteiger partial charge in [-0.1, -0.05) is 170 Å². The molecule has 0 spiro atoms. The molecule has 0 bridgehead atoms. The molecule has 6 aromatic carbocycles. The van der Waals surface area contributed by atoms with Crippen LogP contribution in [0.4, 0.5) is 0 Å². The molecular weight excluding hydrogens is 599 g/mol. The molecule has 7 aromatic rings. The van der Waals surface area contributed by atoms with Crippen molar-refractivity contribution < 1.29 is 0 Å². The molecule has 0 radical (unpaired) electrons. The lowest BCUT2D eigenvalue weighted by Gasteiger charge is -2.32. The van der Waals surface area contributed by atoms with Crippen molar-refractivity contribution in [2.75, 3.05) is 0 Å². The number of nitrogens with one attached hydrogen (secondary N) is 1. The molecule has 2 aliphatic heterocycles. The van der Waals surface area contributed by atoms with Gasteiger partial charge in [0, 0.05) is 27.8 Å². The molecule has 0 saturated heterocycles. The molecule has 1 aromatic heterocycles. The Hall–Kier alpha value is -6.43. The minimum absolute atomic E-state index is 0.0631. The summed E-state index contributed by atoms with van der Waals surface area (Å²) in [6, 6.07) is 58.6. The summed E-state index contributed by atoms with van der Waals surface area (Å²) in [6.07, 6.45) is 2.28. The Morgan fingerprint density at radius 2 is 0.898 bits per heavy atom. The Balaban J connectivity index is 1.33. The van der Waals surface area contributed by atoms with E-state index in [0.717, 1.165) is 44.8 Å². The molecule has 0 amide bonds. The van der Waals surface area contributed by atoms with Gasteiger partial charge in [0.05, 0.1) is 17.4 Å². The topological polar surface area (TPSA) is 53.9 Å². The van der Waals surface area contributed by atoms with E-state index in [0.29, 0.717) is 17.5 Å². The quantitative estimate of drug-likeness (QED) is 0.198. The Labute approximate surface area is 285 Å². The van der Waals surface area contributed by atoms with Gasteiger partial charge in [-0.15, -0.1) is 0 Å². The summed E-state index contributed by atoms with van der Waals surface area (Å²) in [5.41, 5.74) is 15.8. The highest BCUT2D eigenvalue weighted by Crippen LogP contribution is 2.51. The minimum atomic E-state index is -0.0631. The second-order valence-electron chi connectivity index (χ2n) is 12.1. The molecule has 1 unspecified atom stereocenters. The first-order valence-corrected chi connectivity index (χ1v) is 16.5. The summed E-state index contributed by atoms with van der Waals surface area (Å²) in [4.78, 5) is 15.2. The van der Waals surface area contributed by atoms with Crippen molar-refractivity contribution >= 4 is 23.0 Å². The van der Waals surface area contributed by atoms with E-state index in [2.05, 4.69) is 126 Å². The number of hydrogen-bond donors (Lipinski definition) is 1. The Morgan fingerprint density at radius 3 is 1.47 bits per heavy atom. The first kappa shape index (κ1) is 28.8. The molecule has 0 fully saturated rings. The van der Waals surface area contributed by atoms with Gasteiger partial charge < -0.3 is 0 Å². The van der Waals surface area contributed by atoms with E-state index in [1.54, 1.807) is 0 Å². The highest BCUT2D eigenvalue weighted by molar-refractivity contribution is 6.06. The predicted molar refractivity (Wildman–Crippen MR) is 198 cm³/mol. The molecule has 0 saturated carbocycles. The normalized spacial score (nSPS) is 15.1. The fraction of sp³-hybridized carbons (Fsp3) is 0.0227. The van der Waals surface area contributed by atoms with Crippen molar-refractivity contribution in [1.29, 1.82) is 0 Å². The summed E-state index contributed by atoms with van der Waals surface area (Å²) in [7, 11) is 0. The number of hydrogen-bond acceptors (Lipinski definition) is 5. The Morgan fingerprint density at radius 1 is 0.429 bits per heavy atom. The first-order valence-electron chi connectivity index (χ1n) is 16.5. The molecular formula is C44H31N5. The van der Waals surface area contributed by atoms with Crippen LogP contribution in [-0.2, 0) is 0 Å². The third kappa shape index (κ3) is 5.23. The molecule has 232 valence electrons. The minimum Gasteiger partial charge on any atom is -0.274 e. The molecule has 1 atom stereocenters. The summed E-state index contributed by atoms with van der Waals surface area (Å²) < 4.78 is 0. The van der Waals surface area contributed by atoms with E-state index in [1.165, 1.54) is 16.7 Å². The second-order valence-corrected chi connectivity index (χ2v) is 12.1. The van der Waals surface area contributed by atoms with E-state index >= 15 is 0 Å². The predicted octanol–water partition coefficient (Wildman–Crippen LogP) is 9.81. The molecule has 9 rings (SSSR count). The lowest BCUT2D eigenvalue weighted by Crippen LogP contribution is -2.33. The number of fused-ring (bicyclic) bond motifs is 3. The molecule has 49 heavy (non-hydrogen) atoms. The van der Waals surface area contributed by atoms with Crippen molar-refractivity contribution in [2.24, 2.45) is 0 Å². The van der Waals surface area contributed by atoms with Crippen molar-refractivity contribution in [3.8, 4) is 34.2 Å². The molecule has 5 heteroatoms. The zero-order valence-electron chi connectivity index (χ0n) is 26.6. The van der Waals surface area contributed by atoms with E-state index < -0.39 is 0 Å². The third-order valence-electron chi connectivity index (χ3n) is 9.14. The largest absolute Gasteiger partial charge is 0.274 e. The maximum absolute atomic E-state index is 5.13. The average Bonchev–Trinajstić information content (AvgIpc) is 3.60. The van der Waals surface area contributed by atoms with Crippen LogP contribution >= 0.6 is 0 Å². The van der Waals surface area contributed by atoms with E-state index in [1.807, 2.05) is 60.7 Å². The lowest BCUT2D eigenvalue weighted by molar-refractivity contribution is 0.405. The number of hydrazine groups is 1. The number of nitrogens with zero attached hydrogens (tertiary/aromatic N) is 4. The summed E-state index contributed by atoms with van der Waals surface area (Å²) in [5.74, 6) is 1.92. The van der Waals surface area contributed by atoms with E-state index in [9.17, 15) is 0 Å². The zero-order valence-corrected chi connectivity index (χ0v) is 26.6. The summed E-state index contributed by atoms with van der Waals surface area (Å²) in [5, 5.41) is 2.28. The molecule has 5 nitrogen and oxygen atoms in total. The number of benzene rings is 6. The third-order valence-corrected chi connectivity index (χ3v) is 9.14. The van der Waals surface area contributed by atoms with Crippen LogP contribution in [0.2, 0.25) is 0 Å². The van der Waals surface area contributed by atoms with Crippen molar-refractivity contribution in [3.05, 3.63) is 198 Å². The van der Waals surface area contributed by atoms with Gasteiger partial charge >= 0.3 is 0 Å². The number of aromatic nitrogens is 3. The van der Waals surface area contributed by atoms with Crippen LogP contribution in [-0.4, -0.2) is 20.0 Å². The average molecular weight is 630 g/mol. The molecule has 2 aliphatic rings. The van der Waals surface area contributed by atoms with Gasteiger partial charge in [0.2, 0.25) is 0 Å². The first-order chi connectivity index (χ1) is 24.3. The molecule has 3 heterocycles. The molecule has 0 aliphatic carbocycles. The highest BCUT2D eigenvalue weighted by atomic mass is 15.6. The standard InChI is InChI=1S/C44H31N5/c1-6-17-30(18-7-1)38-29-37-35(41-39(31-19-8-2-9-20-31)40(48-49(38)41)32-21-10-3-11-22-32)27-16-28-36(37)44-46-42(33-23-12-4-13-24-33)45-43(47-44)34-25-14-5-15-26-34/h1-29,40,48H. The molecule has 1 N–H and O–H groups in total. The van der Waals surface area contributed by atoms with E-state index in [4.69, 9.17) is 15.0 Å². The summed E-state index contributed by atoms with van der Waals surface area (Å²) >= 11 is 0. The fourth-order valence-electron chi connectivity index (χ4n) is 6.85. The lowest BCUT2D eigenvalue weighted by atomic mass is 9.86. The fourth-order valence-corrected chi connectivity index (χ4v) is 6.85. The second kappa shape index (κ2) is 12.3. The van der Waals surface area contributed by atoms with Crippen LogP contribution in [0, 0.1) is 0 Å². The van der Waals surface area contributed by atoms with Crippen molar-refractivity contribution in [1.82, 2.24) is 25.4 Å². The zero-order chi connectivity index (χ0) is 32.6. The highest BCUT2D eigenvalue weighted by Gasteiger charge is 2.39. The Kier molecular flexibility index (Phi) is 7.22. The van der Waals surface area contributed by atoms with Crippen LogP contribution in [0.15, 0.2) is 170 Å². The van der Waals surface area contributed by atoms with Gasteiger partial charge in [-0.2, -0.15) is 0 Å².